The van der Waals surface area contributed by atoms with Crippen molar-refractivity contribution in [1.82, 2.24) is 0 Å². The molecule has 2 nitrogen and oxygen atoms in total. The van der Waals surface area contributed by atoms with E-state index < -0.39 is 5.60 Å². The standard InChI is InChI=1S/C12H15O2.Zn/c1-9-5-7-10(8-6-9)11(13)14-12(2,3)4;/h5-8H,1H2,2-4H3;/q-1;. The fourth-order valence-electron chi connectivity index (χ4n) is 0.978. The van der Waals surface area contributed by atoms with Crippen LogP contribution in [0, 0.1) is 6.92 Å². The molecule has 1 rings (SSSR count). The number of hydrogen-bond acceptors (Lipinski definition) is 2. The number of ether oxygens (including phenoxy) is 1. The van der Waals surface area contributed by atoms with E-state index in [-0.39, 0.29) is 25.4 Å². The van der Waals surface area contributed by atoms with E-state index >= 15 is 0 Å². The first-order valence-electron chi connectivity index (χ1n) is 4.54. The molecule has 3 heteroatoms. The second-order valence-corrected chi connectivity index (χ2v) is 4.20. The maximum atomic E-state index is 11.5. The number of hydrogen-bond donors (Lipinski definition) is 0. The molecule has 0 N–H and O–H groups in total. The van der Waals surface area contributed by atoms with Crippen LogP contribution in [0.3, 0.4) is 0 Å². The van der Waals surface area contributed by atoms with Gasteiger partial charge in [-0.2, -0.15) is 24.6 Å². The molecule has 0 saturated heterocycles. The summed E-state index contributed by atoms with van der Waals surface area (Å²) in [5, 5.41) is 0. The molecule has 1 aromatic rings. The molecule has 0 radical (unpaired) electrons. The molecule has 0 spiro atoms. The Morgan fingerprint density at radius 2 is 1.67 bits per heavy atom. The van der Waals surface area contributed by atoms with Crippen molar-refractivity contribution in [2.45, 2.75) is 26.4 Å². The Balaban J connectivity index is 0.00000196. The van der Waals surface area contributed by atoms with Gasteiger partial charge in [0.05, 0.1) is 0 Å². The van der Waals surface area contributed by atoms with Crippen LogP contribution in [0.15, 0.2) is 24.3 Å². The Kier molecular flexibility index (Phi) is 5.03. The summed E-state index contributed by atoms with van der Waals surface area (Å²) in [4.78, 5) is 11.5. The Labute approximate surface area is 104 Å². The van der Waals surface area contributed by atoms with Crippen LogP contribution in [-0.4, -0.2) is 11.6 Å². The summed E-state index contributed by atoms with van der Waals surface area (Å²) in [6.45, 7) is 9.29. The quantitative estimate of drug-likeness (QED) is 0.439. The fourth-order valence-corrected chi connectivity index (χ4v) is 0.978. The van der Waals surface area contributed by atoms with E-state index in [0.717, 1.165) is 5.56 Å². The Hall–Kier alpha value is -0.817. The van der Waals surface area contributed by atoms with Gasteiger partial charge in [-0.15, -0.1) is 12.1 Å². The van der Waals surface area contributed by atoms with E-state index in [1.165, 1.54) is 0 Å². The molecule has 0 atom stereocenters. The predicted octanol–water partition coefficient (Wildman–Crippen LogP) is 2.82. The van der Waals surface area contributed by atoms with Gasteiger partial charge in [-0.25, -0.2) is 4.79 Å². The van der Waals surface area contributed by atoms with Gasteiger partial charge in [0, 0.05) is 25.0 Å². The van der Waals surface area contributed by atoms with Crippen LogP contribution >= 0.6 is 0 Å². The normalized spacial score (nSPS) is 10.3. The predicted molar refractivity (Wildman–Crippen MR) is 56.1 cm³/mol. The van der Waals surface area contributed by atoms with E-state index in [0.29, 0.717) is 5.56 Å². The molecule has 0 saturated carbocycles. The number of benzene rings is 1. The second-order valence-electron chi connectivity index (χ2n) is 4.20. The Morgan fingerprint density at radius 1 is 1.20 bits per heavy atom. The minimum Gasteiger partial charge on any atom is -0.456 e. The largest absolute Gasteiger partial charge is 0.456 e. The molecule has 1 aromatic carbocycles. The third-order valence-electron chi connectivity index (χ3n) is 1.59. The molecule has 0 unspecified atom stereocenters. The van der Waals surface area contributed by atoms with Gasteiger partial charge in [-0.1, -0.05) is 0 Å². The molecular formula is C12H15O2Zn-. The van der Waals surface area contributed by atoms with Crippen molar-refractivity contribution in [3.05, 3.63) is 42.3 Å². The van der Waals surface area contributed by atoms with Crippen molar-refractivity contribution in [2.24, 2.45) is 0 Å². The van der Waals surface area contributed by atoms with Crippen LogP contribution in [-0.2, 0) is 24.2 Å². The number of esters is 1. The molecule has 0 aliphatic carbocycles. The van der Waals surface area contributed by atoms with Crippen LogP contribution in [0.1, 0.15) is 36.7 Å². The molecule has 15 heavy (non-hydrogen) atoms. The van der Waals surface area contributed by atoms with Crippen LogP contribution < -0.4 is 0 Å². The minimum absolute atomic E-state index is 0. The van der Waals surface area contributed by atoms with Gasteiger partial charge in [0.25, 0.3) is 0 Å². The molecule has 78 valence electrons. The minimum atomic E-state index is -0.444. The zero-order chi connectivity index (χ0) is 10.8. The van der Waals surface area contributed by atoms with E-state index in [1.807, 2.05) is 20.8 Å². The zero-order valence-electron chi connectivity index (χ0n) is 9.54. The molecular weight excluding hydrogens is 242 g/mol. The van der Waals surface area contributed by atoms with Crippen molar-refractivity contribution in [3.8, 4) is 0 Å². The molecule has 0 heterocycles. The molecule has 0 aliphatic heterocycles. The van der Waals surface area contributed by atoms with Crippen molar-refractivity contribution in [1.29, 1.82) is 0 Å². The third kappa shape index (κ3) is 4.99. The maximum Gasteiger partial charge on any atom is 0.336 e. The SMILES string of the molecule is [CH2-]c1ccc(C(=O)OC(C)(C)C)cc1.[Zn]. The smallest absolute Gasteiger partial charge is 0.336 e. The van der Waals surface area contributed by atoms with E-state index in [2.05, 4.69) is 6.92 Å². The van der Waals surface area contributed by atoms with E-state index in [9.17, 15) is 4.79 Å². The van der Waals surface area contributed by atoms with Gasteiger partial charge in [-0.05, 0) is 20.8 Å². The molecule has 0 aromatic heterocycles. The van der Waals surface area contributed by atoms with E-state index in [1.54, 1.807) is 24.3 Å². The van der Waals surface area contributed by atoms with Gasteiger partial charge in [0.2, 0.25) is 0 Å². The topological polar surface area (TPSA) is 26.3 Å². The first-order valence-corrected chi connectivity index (χ1v) is 4.54. The van der Waals surface area contributed by atoms with Crippen molar-refractivity contribution in [3.63, 3.8) is 0 Å². The average molecular weight is 257 g/mol. The molecule has 0 aliphatic rings. The van der Waals surface area contributed by atoms with Crippen molar-refractivity contribution in [2.75, 3.05) is 0 Å². The summed E-state index contributed by atoms with van der Waals surface area (Å²) in [5.41, 5.74) is 1.00. The van der Waals surface area contributed by atoms with Gasteiger partial charge in [0.1, 0.15) is 5.60 Å². The molecule has 0 fully saturated rings. The second kappa shape index (κ2) is 5.32. The number of rotatable bonds is 1. The van der Waals surface area contributed by atoms with Crippen LogP contribution in [0.2, 0.25) is 0 Å². The van der Waals surface area contributed by atoms with Crippen LogP contribution in [0.4, 0.5) is 0 Å². The Morgan fingerprint density at radius 3 is 2.07 bits per heavy atom. The molecule has 0 amide bonds. The maximum absolute atomic E-state index is 11.5. The zero-order valence-corrected chi connectivity index (χ0v) is 12.5. The summed E-state index contributed by atoms with van der Waals surface area (Å²) < 4.78 is 5.20. The average Bonchev–Trinajstić information content (AvgIpc) is 2.02. The van der Waals surface area contributed by atoms with Gasteiger partial charge < -0.3 is 4.74 Å². The van der Waals surface area contributed by atoms with Crippen LogP contribution in [0.25, 0.3) is 0 Å². The van der Waals surface area contributed by atoms with Crippen molar-refractivity contribution < 1.29 is 29.0 Å². The van der Waals surface area contributed by atoms with Gasteiger partial charge >= 0.3 is 5.97 Å². The summed E-state index contributed by atoms with van der Waals surface area (Å²) in [6.07, 6.45) is 0. The van der Waals surface area contributed by atoms with Crippen LogP contribution in [0.5, 0.6) is 0 Å². The summed E-state index contributed by atoms with van der Waals surface area (Å²) in [7, 11) is 0. The number of carbonyl (C=O) groups is 1. The molecule has 0 bridgehead atoms. The first-order chi connectivity index (χ1) is 6.38. The summed E-state index contributed by atoms with van der Waals surface area (Å²) >= 11 is 0. The number of carbonyl (C=O) groups excluding carboxylic acids is 1. The summed E-state index contributed by atoms with van der Waals surface area (Å²) in [6, 6.07) is 7.02. The van der Waals surface area contributed by atoms with Crippen molar-refractivity contribution >= 4 is 5.97 Å². The van der Waals surface area contributed by atoms with Gasteiger partial charge in [0.15, 0.2) is 0 Å². The third-order valence-corrected chi connectivity index (χ3v) is 1.59. The van der Waals surface area contributed by atoms with E-state index in [4.69, 9.17) is 4.74 Å². The van der Waals surface area contributed by atoms with Gasteiger partial charge in [-0.3, -0.25) is 0 Å². The Bertz CT molecular complexity index is 322. The first kappa shape index (κ1) is 14.2. The monoisotopic (exact) mass is 255 g/mol. The summed E-state index contributed by atoms with van der Waals surface area (Å²) in [5.74, 6) is -0.294. The fraction of sp³-hybridized carbons (Fsp3) is 0.333.